The number of hydrogen-bond acceptors (Lipinski definition) is 7. The van der Waals surface area contributed by atoms with Gasteiger partial charge in [0.25, 0.3) is 12.0 Å². The van der Waals surface area contributed by atoms with E-state index >= 15 is 0 Å². The van der Waals surface area contributed by atoms with Gasteiger partial charge in [0.15, 0.2) is 5.78 Å². The third-order valence-electron chi connectivity index (χ3n) is 8.04. The maximum absolute atomic E-state index is 13.6. The number of piperidine rings is 1. The Morgan fingerprint density at radius 1 is 1.17 bits per heavy atom. The molecular formula is C28H25ClF3N5O4S. The summed E-state index contributed by atoms with van der Waals surface area (Å²) < 4.78 is 42.5. The summed E-state index contributed by atoms with van der Waals surface area (Å²) in [5, 5.41) is 17.1. The lowest BCUT2D eigenvalue weighted by Crippen LogP contribution is -2.50. The quantitative estimate of drug-likeness (QED) is 0.326. The number of halogens is 4. The van der Waals surface area contributed by atoms with Crippen LogP contribution in [0, 0.1) is 5.95 Å². The molecular weight excluding hydrogens is 595 g/mol. The summed E-state index contributed by atoms with van der Waals surface area (Å²) in [6.45, 7) is 0.145. The van der Waals surface area contributed by atoms with Crippen molar-refractivity contribution in [3.63, 3.8) is 0 Å². The van der Waals surface area contributed by atoms with Gasteiger partial charge in [-0.3, -0.25) is 23.6 Å². The number of aliphatic hydroxyl groups is 1. The van der Waals surface area contributed by atoms with Crippen LogP contribution in [0.3, 0.4) is 0 Å². The maximum Gasteiger partial charge on any atom is 0.262 e. The molecule has 1 aliphatic carbocycles. The van der Waals surface area contributed by atoms with Gasteiger partial charge < -0.3 is 10.0 Å². The Morgan fingerprint density at radius 3 is 2.62 bits per heavy atom. The van der Waals surface area contributed by atoms with E-state index in [1.54, 1.807) is 11.4 Å². The smallest absolute Gasteiger partial charge is 0.262 e. The summed E-state index contributed by atoms with van der Waals surface area (Å²) in [5.41, 5.74) is 1.07. The van der Waals surface area contributed by atoms with Crippen LogP contribution in [0.1, 0.15) is 47.6 Å². The summed E-state index contributed by atoms with van der Waals surface area (Å²) >= 11 is 7.84. The Kier molecular flexibility index (Phi) is 7.44. The molecule has 6 rings (SSSR count). The molecule has 1 aromatic carbocycles. The average molecular weight is 620 g/mol. The Labute approximate surface area is 246 Å². The number of rotatable bonds is 7. The number of alkyl halides is 2. The van der Waals surface area contributed by atoms with Gasteiger partial charge in [0.2, 0.25) is 11.9 Å². The molecule has 2 aliphatic rings. The molecule has 1 fully saturated rings. The van der Waals surface area contributed by atoms with Crippen molar-refractivity contribution >= 4 is 45.5 Å². The largest absolute Gasteiger partial charge is 0.388 e. The highest BCUT2D eigenvalue weighted by atomic mass is 35.5. The standard InChI is InChI=1S/C28H25ClF3N5O4S/c29-19-10-16-15(1-2-21(16)38)9-17(19)25-24-18(12-42-25)27(40)36(14-33-24)13-28(41)4-7-35(8-5-28)23(39)11-20(26(31)32)37-6-3-22(30)34-37/h3,6,9-10,12,14,20,26,41H,1-2,4-5,7-8,11,13H2. The molecule has 1 aliphatic heterocycles. The van der Waals surface area contributed by atoms with Crippen molar-refractivity contribution in [1.82, 2.24) is 24.2 Å². The highest BCUT2D eigenvalue weighted by Crippen LogP contribution is 2.40. The van der Waals surface area contributed by atoms with E-state index < -0.39 is 36.3 Å². The molecule has 1 atom stereocenters. The Bertz CT molecular complexity index is 1760. The maximum atomic E-state index is 13.6. The number of carbonyl (C=O) groups is 2. The molecule has 42 heavy (non-hydrogen) atoms. The molecule has 14 heteroatoms. The van der Waals surface area contributed by atoms with Crippen LogP contribution in [0.25, 0.3) is 21.3 Å². The fraction of sp³-hybridized carbons (Fsp3) is 0.393. The van der Waals surface area contributed by atoms with Crippen molar-refractivity contribution in [3.8, 4) is 10.4 Å². The number of Topliss-reactive ketones (excluding diaryl/α,β-unsaturated/α-hetero) is 1. The van der Waals surface area contributed by atoms with Gasteiger partial charge in [-0.25, -0.2) is 13.8 Å². The number of ketones is 1. The SMILES string of the molecule is O=C1CCc2cc(-c3scc4c(=O)n(CC5(O)CCN(C(=O)CC(C(F)F)n6ccc(F)n6)CC5)cnc34)c(Cl)cc21. The molecule has 1 saturated heterocycles. The molecule has 1 unspecified atom stereocenters. The van der Waals surface area contributed by atoms with E-state index in [0.717, 1.165) is 22.5 Å². The lowest BCUT2D eigenvalue weighted by molar-refractivity contribution is -0.138. The van der Waals surface area contributed by atoms with Gasteiger partial charge in [-0.05, 0) is 37.0 Å². The first-order valence-corrected chi connectivity index (χ1v) is 14.6. The van der Waals surface area contributed by atoms with Crippen molar-refractivity contribution in [2.75, 3.05) is 13.1 Å². The highest BCUT2D eigenvalue weighted by Gasteiger charge is 2.36. The zero-order chi connectivity index (χ0) is 29.8. The second-order valence-corrected chi connectivity index (χ2v) is 12.0. The first-order valence-electron chi connectivity index (χ1n) is 13.3. The average Bonchev–Trinajstić information content (AvgIpc) is 3.67. The number of amides is 1. The normalized spacial score (nSPS) is 17.3. The fourth-order valence-corrected chi connectivity index (χ4v) is 7.00. The van der Waals surface area contributed by atoms with Crippen LogP contribution in [0.15, 0.2) is 40.9 Å². The monoisotopic (exact) mass is 619 g/mol. The van der Waals surface area contributed by atoms with E-state index in [0.29, 0.717) is 44.8 Å². The van der Waals surface area contributed by atoms with Gasteiger partial charge in [0.05, 0.1) is 45.7 Å². The Balaban J connectivity index is 1.15. The summed E-state index contributed by atoms with van der Waals surface area (Å²) in [6, 6.07) is 2.89. The van der Waals surface area contributed by atoms with Gasteiger partial charge in [0, 0.05) is 48.3 Å². The zero-order valence-electron chi connectivity index (χ0n) is 22.1. The number of fused-ring (bicyclic) bond motifs is 2. The van der Waals surface area contributed by atoms with E-state index in [-0.39, 0.29) is 43.8 Å². The predicted octanol–water partition coefficient (Wildman–Crippen LogP) is 4.49. The minimum atomic E-state index is -2.93. The minimum absolute atomic E-state index is 0.0596. The van der Waals surface area contributed by atoms with Crippen molar-refractivity contribution in [2.24, 2.45) is 0 Å². The van der Waals surface area contributed by atoms with E-state index in [1.807, 2.05) is 6.07 Å². The van der Waals surface area contributed by atoms with E-state index in [2.05, 4.69) is 10.1 Å². The fourth-order valence-electron chi connectivity index (χ4n) is 5.66. The molecule has 220 valence electrons. The van der Waals surface area contributed by atoms with Crippen LogP contribution in [0.5, 0.6) is 0 Å². The third-order valence-corrected chi connectivity index (χ3v) is 9.36. The Morgan fingerprint density at radius 2 is 1.93 bits per heavy atom. The van der Waals surface area contributed by atoms with Crippen molar-refractivity contribution in [3.05, 3.63) is 68.6 Å². The molecule has 0 spiro atoms. The number of aromatic nitrogens is 4. The van der Waals surface area contributed by atoms with Crippen LogP contribution in [0.4, 0.5) is 13.2 Å². The van der Waals surface area contributed by atoms with E-state index in [9.17, 15) is 32.7 Å². The number of thiophene rings is 1. The van der Waals surface area contributed by atoms with E-state index in [1.165, 1.54) is 27.1 Å². The first-order chi connectivity index (χ1) is 20.0. The number of aryl methyl sites for hydroxylation is 1. The second kappa shape index (κ2) is 10.9. The molecule has 4 aromatic rings. The Hall–Kier alpha value is -3.55. The summed E-state index contributed by atoms with van der Waals surface area (Å²) in [7, 11) is 0. The van der Waals surface area contributed by atoms with Gasteiger partial charge >= 0.3 is 0 Å². The lowest BCUT2D eigenvalue weighted by atomic mass is 9.91. The third kappa shape index (κ3) is 5.25. The van der Waals surface area contributed by atoms with Crippen LogP contribution >= 0.6 is 22.9 Å². The highest BCUT2D eigenvalue weighted by molar-refractivity contribution is 7.15. The van der Waals surface area contributed by atoms with Crippen LogP contribution < -0.4 is 5.56 Å². The number of hydrogen-bond donors (Lipinski definition) is 1. The first kappa shape index (κ1) is 28.6. The van der Waals surface area contributed by atoms with Crippen molar-refractivity contribution in [2.45, 2.75) is 56.7 Å². The molecule has 3 aromatic heterocycles. The van der Waals surface area contributed by atoms with Gasteiger partial charge in [0.1, 0.15) is 6.04 Å². The summed E-state index contributed by atoms with van der Waals surface area (Å²) in [6.07, 6.45) is 0.274. The molecule has 1 N–H and O–H groups in total. The van der Waals surface area contributed by atoms with Crippen LogP contribution in [-0.2, 0) is 17.8 Å². The molecule has 4 heterocycles. The molecule has 0 saturated carbocycles. The van der Waals surface area contributed by atoms with Crippen LogP contribution in [-0.4, -0.2) is 66.1 Å². The van der Waals surface area contributed by atoms with E-state index in [4.69, 9.17) is 11.6 Å². The number of carbonyl (C=O) groups excluding carboxylic acids is 2. The van der Waals surface area contributed by atoms with Gasteiger partial charge in [-0.2, -0.15) is 4.39 Å². The molecule has 0 bridgehead atoms. The minimum Gasteiger partial charge on any atom is -0.388 e. The zero-order valence-corrected chi connectivity index (χ0v) is 23.7. The second-order valence-electron chi connectivity index (χ2n) is 10.7. The number of likely N-dealkylation sites (tertiary alicyclic amines) is 1. The molecule has 1 amide bonds. The molecule has 0 radical (unpaired) electrons. The topological polar surface area (TPSA) is 110 Å². The van der Waals surface area contributed by atoms with Gasteiger partial charge in [-0.1, -0.05) is 11.6 Å². The summed E-state index contributed by atoms with van der Waals surface area (Å²) in [4.78, 5) is 44.8. The number of benzene rings is 1. The number of nitrogens with zero attached hydrogens (tertiary/aromatic N) is 5. The van der Waals surface area contributed by atoms with Gasteiger partial charge in [-0.15, -0.1) is 16.4 Å². The summed E-state index contributed by atoms with van der Waals surface area (Å²) in [5.74, 6) is -1.41. The van der Waals surface area contributed by atoms with Crippen molar-refractivity contribution in [1.29, 1.82) is 0 Å². The molecule has 9 nitrogen and oxygen atoms in total. The predicted molar refractivity (Wildman–Crippen MR) is 150 cm³/mol. The van der Waals surface area contributed by atoms with Crippen LogP contribution in [0.2, 0.25) is 5.02 Å². The lowest BCUT2D eigenvalue weighted by Gasteiger charge is -2.38. The van der Waals surface area contributed by atoms with Crippen molar-refractivity contribution < 1.29 is 27.9 Å².